The van der Waals surface area contributed by atoms with Crippen molar-refractivity contribution in [2.24, 2.45) is 5.92 Å². The van der Waals surface area contributed by atoms with Crippen molar-refractivity contribution in [1.29, 1.82) is 5.26 Å². The highest BCUT2D eigenvalue weighted by atomic mass is 79.9. The zero-order valence-corrected chi connectivity index (χ0v) is 10.7. The number of hydrogen-bond donors (Lipinski definition) is 0. The molecular weight excluding hydrogens is 268 g/mol. The van der Waals surface area contributed by atoms with Gasteiger partial charge in [-0.1, -0.05) is 0 Å². The Hall–Kier alpha value is -1.41. The van der Waals surface area contributed by atoms with Gasteiger partial charge in [0, 0.05) is 17.2 Å². The number of imidazole rings is 1. The van der Waals surface area contributed by atoms with Gasteiger partial charge < -0.3 is 4.57 Å². The average molecular weight is 279 g/mol. The molecule has 82 valence electrons. The molecule has 2 aromatic rings. The largest absolute Gasteiger partial charge is 0.312 e. The number of fused-ring (bicyclic) bond motifs is 1. The lowest BCUT2D eigenvalue weighted by atomic mass is 10.2. The Morgan fingerprint density at radius 3 is 3.06 bits per heavy atom. The molecule has 0 fully saturated rings. The van der Waals surface area contributed by atoms with Gasteiger partial charge in [0.15, 0.2) is 5.65 Å². The summed E-state index contributed by atoms with van der Waals surface area (Å²) in [5.74, 6) is 0.851. The molecule has 0 aliphatic heterocycles. The second-order valence-corrected chi connectivity index (χ2v) is 4.71. The van der Waals surface area contributed by atoms with E-state index in [-0.39, 0.29) is 5.92 Å². The lowest BCUT2D eigenvalue weighted by Gasteiger charge is -2.06. The van der Waals surface area contributed by atoms with Crippen LogP contribution in [0.3, 0.4) is 0 Å². The van der Waals surface area contributed by atoms with Gasteiger partial charge >= 0.3 is 0 Å². The Kier molecular flexibility index (Phi) is 2.92. The third kappa shape index (κ3) is 1.93. The molecular formula is C11H11BrN4. The van der Waals surface area contributed by atoms with Gasteiger partial charge in [0.05, 0.1) is 12.0 Å². The van der Waals surface area contributed by atoms with Crippen molar-refractivity contribution in [1.82, 2.24) is 14.5 Å². The van der Waals surface area contributed by atoms with Gasteiger partial charge in [0.2, 0.25) is 0 Å². The Morgan fingerprint density at radius 1 is 1.62 bits per heavy atom. The summed E-state index contributed by atoms with van der Waals surface area (Å²) in [5.41, 5.74) is 1.69. The highest BCUT2D eigenvalue weighted by Crippen LogP contribution is 2.19. The number of hydrogen-bond acceptors (Lipinski definition) is 3. The number of aryl methyl sites for hydroxylation is 1. The van der Waals surface area contributed by atoms with E-state index in [1.807, 2.05) is 24.5 Å². The van der Waals surface area contributed by atoms with Gasteiger partial charge in [-0.3, -0.25) is 0 Å². The number of halogens is 1. The summed E-state index contributed by atoms with van der Waals surface area (Å²) in [7, 11) is 0. The number of nitrogens with zero attached hydrogens (tertiary/aromatic N) is 4. The topological polar surface area (TPSA) is 54.5 Å². The maximum Gasteiger partial charge on any atom is 0.160 e. The van der Waals surface area contributed by atoms with Crippen LogP contribution >= 0.6 is 15.9 Å². The van der Waals surface area contributed by atoms with E-state index in [0.717, 1.165) is 21.5 Å². The van der Waals surface area contributed by atoms with Crippen LogP contribution in [-0.2, 0) is 6.54 Å². The maximum absolute atomic E-state index is 8.83. The zero-order valence-electron chi connectivity index (χ0n) is 9.11. The molecule has 0 aliphatic carbocycles. The van der Waals surface area contributed by atoms with E-state index in [9.17, 15) is 0 Å². The smallest absolute Gasteiger partial charge is 0.160 e. The Bertz CT molecular complexity index is 567. The van der Waals surface area contributed by atoms with E-state index in [1.54, 1.807) is 6.20 Å². The third-order valence-corrected chi connectivity index (χ3v) is 2.85. The molecule has 1 unspecified atom stereocenters. The molecule has 5 heteroatoms. The van der Waals surface area contributed by atoms with Crippen LogP contribution in [0.5, 0.6) is 0 Å². The zero-order chi connectivity index (χ0) is 11.7. The van der Waals surface area contributed by atoms with E-state index in [4.69, 9.17) is 5.26 Å². The highest BCUT2D eigenvalue weighted by Gasteiger charge is 2.11. The van der Waals surface area contributed by atoms with E-state index < -0.39 is 0 Å². The quantitative estimate of drug-likeness (QED) is 0.849. The first-order valence-corrected chi connectivity index (χ1v) is 5.79. The summed E-state index contributed by atoms with van der Waals surface area (Å²) in [4.78, 5) is 8.76. The first kappa shape index (κ1) is 11.1. The molecule has 0 radical (unpaired) electrons. The van der Waals surface area contributed by atoms with Crippen LogP contribution in [0.1, 0.15) is 12.7 Å². The number of aromatic nitrogens is 3. The molecule has 0 bridgehead atoms. The SMILES string of the molecule is Cc1nc2cc(Br)cnc2n1CC(C)C#N. The maximum atomic E-state index is 8.83. The summed E-state index contributed by atoms with van der Waals surface area (Å²) in [5, 5.41) is 8.83. The molecule has 2 heterocycles. The molecule has 2 aromatic heterocycles. The van der Waals surface area contributed by atoms with E-state index in [0.29, 0.717) is 6.54 Å². The molecule has 0 aromatic carbocycles. The summed E-state index contributed by atoms with van der Waals surface area (Å²) < 4.78 is 2.90. The van der Waals surface area contributed by atoms with Crippen LogP contribution in [0, 0.1) is 24.2 Å². The molecule has 0 amide bonds. The first-order chi connectivity index (χ1) is 7.61. The van der Waals surface area contributed by atoms with Crippen molar-refractivity contribution in [3.05, 3.63) is 22.6 Å². The summed E-state index contributed by atoms with van der Waals surface area (Å²) >= 11 is 3.37. The predicted molar refractivity (Wildman–Crippen MR) is 64.7 cm³/mol. The van der Waals surface area contributed by atoms with Gasteiger partial charge in [-0.05, 0) is 35.8 Å². The fourth-order valence-electron chi connectivity index (χ4n) is 1.63. The molecule has 2 rings (SSSR count). The molecule has 0 spiro atoms. The van der Waals surface area contributed by atoms with Crippen LogP contribution in [0.2, 0.25) is 0 Å². The van der Waals surface area contributed by atoms with Gasteiger partial charge in [0.1, 0.15) is 11.3 Å². The molecule has 0 saturated carbocycles. The van der Waals surface area contributed by atoms with E-state index >= 15 is 0 Å². The van der Waals surface area contributed by atoms with Gasteiger partial charge in [-0.15, -0.1) is 0 Å². The second-order valence-electron chi connectivity index (χ2n) is 3.80. The standard InChI is InChI=1S/C11H11BrN4/c1-7(4-13)6-16-8(2)15-10-3-9(12)5-14-11(10)16/h3,5,7H,6H2,1-2H3. The summed E-state index contributed by atoms with van der Waals surface area (Å²) in [6.07, 6.45) is 1.75. The Labute approximate surface area is 102 Å². The molecule has 0 N–H and O–H groups in total. The average Bonchev–Trinajstić information content (AvgIpc) is 2.54. The third-order valence-electron chi connectivity index (χ3n) is 2.42. The predicted octanol–water partition coefficient (Wildman–Crippen LogP) is 2.66. The lowest BCUT2D eigenvalue weighted by molar-refractivity contribution is 0.577. The fourth-order valence-corrected chi connectivity index (χ4v) is 1.95. The van der Waals surface area contributed by atoms with Crippen molar-refractivity contribution in [3.8, 4) is 6.07 Å². The minimum absolute atomic E-state index is 0.0402. The van der Waals surface area contributed by atoms with Crippen LogP contribution in [0.15, 0.2) is 16.7 Å². The molecule has 0 saturated heterocycles. The highest BCUT2D eigenvalue weighted by molar-refractivity contribution is 9.10. The van der Waals surface area contributed by atoms with Crippen LogP contribution in [0.25, 0.3) is 11.2 Å². The molecule has 1 atom stereocenters. The van der Waals surface area contributed by atoms with Crippen molar-refractivity contribution in [2.75, 3.05) is 0 Å². The van der Waals surface area contributed by atoms with E-state index in [1.165, 1.54) is 0 Å². The number of rotatable bonds is 2. The second kappa shape index (κ2) is 4.22. The Morgan fingerprint density at radius 2 is 2.38 bits per heavy atom. The lowest BCUT2D eigenvalue weighted by Crippen LogP contribution is -2.07. The molecule has 16 heavy (non-hydrogen) atoms. The van der Waals surface area contributed by atoms with Crippen LogP contribution in [-0.4, -0.2) is 14.5 Å². The minimum atomic E-state index is -0.0402. The molecule has 4 nitrogen and oxygen atoms in total. The van der Waals surface area contributed by atoms with Gasteiger partial charge in [-0.2, -0.15) is 5.26 Å². The minimum Gasteiger partial charge on any atom is -0.312 e. The Balaban J connectivity index is 2.53. The van der Waals surface area contributed by atoms with Crippen LogP contribution < -0.4 is 0 Å². The van der Waals surface area contributed by atoms with Crippen molar-refractivity contribution < 1.29 is 0 Å². The van der Waals surface area contributed by atoms with E-state index in [2.05, 4.69) is 32.0 Å². The summed E-state index contributed by atoms with van der Waals surface area (Å²) in [6, 6.07) is 4.15. The monoisotopic (exact) mass is 278 g/mol. The number of pyridine rings is 1. The molecule has 0 aliphatic rings. The summed E-state index contributed by atoms with van der Waals surface area (Å²) in [6.45, 7) is 4.46. The number of nitriles is 1. The fraction of sp³-hybridized carbons (Fsp3) is 0.364. The van der Waals surface area contributed by atoms with Crippen LogP contribution in [0.4, 0.5) is 0 Å². The van der Waals surface area contributed by atoms with Gasteiger partial charge in [-0.25, -0.2) is 9.97 Å². The van der Waals surface area contributed by atoms with Crippen molar-refractivity contribution >= 4 is 27.1 Å². The van der Waals surface area contributed by atoms with Crippen molar-refractivity contribution in [2.45, 2.75) is 20.4 Å². The van der Waals surface area contributed by atoms with Crippen molar-refractivity contribution in [3.63, 3.8) is 0 Å². The first-order valence-electron chi connectivity index (χ1n) is 5.00. The normalized spacial score (nSPS) is 12.6. The van der Waals surface area contributed by atoms with Gasteiger partial charge in [0.25, 0.3) is 0 Å².